The van der Waals surface area contributed by atoms with Gasteiger partial charge in [-0.15, -0.1) is 0 Å². The van der Waals surface area contributed by atoms with E-state index < -0.39 is 10.0 Å². The molecule has 0 radical (unpaired) electrons. The lowest BCUT2D eigenvalue weighted by Crippen LogP contribution is -2.37. The molecule has 0 N–H and O–H groups in total. The molecule has 1 aliphatic rings. The molecule has 0 fully saturated rings. The quantitative estimate of drug-likeness (QED) is 0.767. The number of halogens is 2. The minimum atomic E-state index is -3.30. The second-order valence-electron chi connectivity index (χ2n) is 5.04. The van der Waals surface area contributed by atoms with Crippen molar-refractivity contribution in [2.24, 2.45) is 0 Å². The molecule has 0 amide bonds. The summed E-state index contributed by atoms with van der Waals surface area (Å²) in [5.74, 6) is 0.0786. The van der Waals surface area contributed by atoms with Crippen LogP contribution in [0.4, 0.5) is 0 Å². The highest BCUT2D eigenvalue weighted by atomic mass is 35.5. The lowest BCUT2D eigenvalue weighted by atomic mass is 10.0. The Hall–Kier alpha value is -0.800. The maximum Gasteiger partial charge on any atom is 0.214 e. The fraction of sp³-hybridized carbons (Fsp3) is 0.500. The topological polar surface area (TPSA) is 61.2 Å². The number of sulfonamides is 1. The first kappa shape index (κ1) is 16.6. The molecule has 1 aromatic rings. The van der Waals surface area contributed by atoms with E-state index in [0.29, 0.717) is 48.8 Å². The fourth-order valence-corrected chi connectivity index (χ4v) is 4.53. The Labute approximate surface area is 135 Å². The SMILES string of the molecule is N#CCCCCS(=O)(=O)N1CCc2cc(Cl)cc(Cl)c2C1. The summed E-state index contributed by atoms with van der Waals surface area (Å²) >= 11 is 12.1. The van der Waals surface area contributed by atoms with Crippen molar-refractivity contribution in [3.05, 3.63) is 33.3 Å². The predicted octanol–water partition coefficient (Wildman–Crippen LogP) is 3.38. The normalized spacial score (nSPS) is 15.5. The van der Waals surface area contributed by atoms with Gasteiger partial charge in [-0.25, -0.2) is 8.42 Å². The molecule has 0 aromatic heterocycles. The van der Waals surface area contributed by atoms with E-state index in [1.54, 1.807) is 6.07 Å². The third-order valence-corrected chi connectivity index (χ3v) is 6.01. The Morgan fingerprint density at radius 2 is 2.05 bits per heavy atom. The van der Waals surface area contributed by atoms with Crippen molar-refractivity contribution in [2.45, 2.75) is 32.2 Å². The Balaban J connectivity index is 2.08. The summed E-state index contributed by atoms with van der Waals surface area (Å²) in [4.78, 5) is 0. The molecule has 1 aliphatic heterocycles. The van der Waals surface area contributed by atoms with E-state index in [-0.39, 0.29) is 5.75 Å². The second kappa shape index (κ2) is 6.97. The summed E-state index contributed by atoms with van der Waals surface area (Å²) in [5, 5.41) is 9.56. The van der Waals surface area contributed by atoms with Crippen molar-refractivity contribution in [3.63, 3.8) is 0 Å². The van der Waals surface area contributed by atoms with Crippen molar-refractivity contribution in [2.75, 3.05) is 12.3 Å². The molecule has 0 saturated heterocycles. The first-order valence-electron chi connectivity index (χ1n) is 6.75. The van der Waals surface area contributed by atoms with Crippen LogP contribution in [0.5, 0.6) is 0 Å². The van der Waals surface area contributed by atoms with Crippen LogP contribution >= 0.6 is 23.2 Å². The summed E-state index contributed by atoms with van der Waals surface area (Å²) in [6.45, 7) is 0.746. The van der Waals surface area contributed by atoms with Gasteiger partial charge in [0, 0.05) is 29.6 Å². The molecule has 0 bridgehead atoms. The number of fused-ring (bicyclic) bond motifs is 1. The molecule has 0 unspecified atom stereocenters. The van der Waals surface area contributed by atoms with Crippen LogP contribution in [0.15, 0.2) is 12.1 Å². The van der Waals surface area contributed by atoms with E-state index in [1.165, 1.54) is 4.31 Å². The number of unbranched alkanes of at least 4 members (excludes halogenated alkanes) is 2. The van der Waals surface area contributed by atoms with E-state index in [0.717, 1.165) is 11.1 Å². The van der Waals surface area contributed by atoms with Crippen LogP contribution in [-0.2, 0) is 23.0 Å². The summed E-state index contributed by atoms with van der Waals surface area (Å²) in [7, 11) is -3.30. The molecule has 1 aromatic carbocycles. The van der Waals surface area contributed by atoms with Crippen LogP contribution in [-0.4, -0.2) is 25.0 Å². The van der Waals surface area contributed by atoms with Crippen LogP contribution in [0.1, 0.15) is 30.4 Å². The van der Waals surface area contributed by atoms with Gasteiger partial charge >= 0.3 is 0 Å². The van der Waals surface area contributed by atoms with Crippen LogP contribution in [0, 0.1) is 11.3 Å². The van der Waals surface area contributed by atoms with Gasteiger partial charge in [-0.2, -0.15) is 9.57 Å². The van der Waals surface area contributed by atoms with Gasteiger partial charge in [0.05, 0.1) is 11.8 Å². The fourth-order valence-electron chi connectivity index (χ4n) is 2.41. The third-order valence-electron chi connectivity index (χ3n) is 3.55. The van der Waals surface area contributed by atoms with E-state index in [1.807, 2.05) is 12.1 Å². The smallest absolute Gasteiger partial charge is 0.212 e. The minimum absolute atomic E-state index is 0.0786. The average molecular weight is 347 g/mol. The number of hydrogen-bond acceptors (Lipinski definition) is 3. The van der Waals surface area contributed by atoms with Crippen LogP contribution in [0.2, 0.25) is 10.0 Å². The number of rotatable bonds is 5. The highest BCUT2D eigenvalue weighted by molar-refractivity contribution is 7.89. The maximum atomic E-state index is 12.3. The lowest BCUT2D eigenvalue weighted by Gasteiger charge is -2.29. The number of nitriles is 1. The molecule has 7 heteroatoms. The number of hydrogen-bond donors (Lipinski definition) is 0. The molecular formula is C14H16Cl2N2O2S. The second-order valence-corrected chi connectivity index (χ2v) is 7.97. The van der Waals surface area contributed by atoms with Crippen molar-refractivity contribution in [1.29, 1.82) is 5.26 Å². The largest absolute Gasteiger partial charge is 0.214 e. The first-order valence-corrected chi connectivity index (χ1v) is 9.12. The van der Waals surface area contributed by atoms with Crippen molar-refractivity contribution < 1.29 is 8.42 Å². The van der Waals surface area contributed by atoms with Gasteiger partial charge in [0.25, 0.3) is 0 Å². The molecule has 114 valence electrons. The highest BCUT2D eigenvalue weighted by Crippen LogP contribution is 2.31. The van der Waals surface area contributed by atoms with Crippen LogP contribution in [0.25, 0.3) is 0 Å². The van der Waals surface area contributed by atoms with Gasteiger partial charge in [-0.3, -0.25) is 0 Å². The van der Waals surface area contributed by atoms with E-state index in [2.05, 4.69) is 0 Å². The zero-order valence-corrected chi connectivity index (χ0v) is 13.8. The molecular weight excluding hydrogens is 331 g/mol. The molecule has 0 atom stereocenters. The Bertz CT molecular complexity index is 668. The maximum absolute atomic E-state index is 12.3. The minimum Gasteiger partial charge on any atom is -0.212 e. The lowest BCUT2D eigenvalue weighted by molar-refractivity contribution is 0.390. The zero-order chi connectivity index (χ0) is 15.5. The average Bonchev–Trinajstić information content (AvgIpc) is 2.43. The van der Waals surface area contributed by atoms with Crippen molar-refractivity contribution >= 4 is 33.2 Å². The molecule has 4 nitrogen and oxygen atoms in total. The summed E-state index contributed by atoms with van der Waals surface area (Å²) in [5.41, 5.74) is 1.86. The molecule has 0 saturated carbocycles. The van der Waals surface area contributed by atoms with E-state index >= 15 is 0 Å². The molecule has 21 heavy (non-hydrogen) atoms. The zero-order valence-electron chi connectivity index (χ0n) is 11.5. The van der Waals surface area contributed by atoms with Gasteiger partial charge in [-0.05, 0) is 42.5 Å². The molecule has 1 heterocycles. The predicted molar refractivity (Wildman–Crippen MR) is 83.8 cm³/mol. The summed E-state index contributed by atoms with van der Waals surface area (Å²) in [6, 6.07) is 5.51. The third kappa shape index (κ3) is 4.10. The van der Waals surface area contributed by atoms with Crippen LogP contribution in [0.3, 0.4) is 0 Å². The first-order chi connectivity index (χ1) is 9.94. The van der Waals surface area contributed by atoms with Crippen LogP contribution < -0.4 is 0 Å². The number of benzene rings is 1. The van der Waals surface area contributed by atoms with Gasteiger partial charge in [0.15, 0.2) is 0 Å². The molecule has 0 spiro atoms. The molecule has 0 aliphatic carbocycles. The van der Waals surface area contributed by atoms with Gasteiger partial charge in [0.1, 0.15) is 0 Å². The number of nitrogens with zero attached hydrogens (tertiary/aromatic N) is 2. The van der Waals surface area contributed by atoms with Gasteiger partial charge in [-0.1, -0.05) is 23.2 Å². The monoisotopic (exact) mass is 346 g/mol. The Morgan fingerprint density at radius 3 is 2.76 bits per heavy atom. The van der Waals surface area contributed by atoms with Gasteiger partial charge in [0.2, 0.25) is 10.0 Å². The molecule has 2 rings (SSSR count). The standard InChI is InChI=1S/C14H16Cl2N2O2S/c15-12-8-11-4-6-18(10-13(11)14(16)9-12)21(19,20)7-3-1-2-5-17/h8-9H,1-4,6-7,10H2. The summed E-state index contributed by atoms with van der Waals surface area (Å²) < 4.78 is 26.1. The van der Waals surface area contributed by atoms with Gasteiger partial charge < -0.3 is 0 Å². The van der Waals surface area contributed by atoms with Crippen molar-refractivity contribution in [1.82, 2.24) is 4.31 Å². The highest BCUT2D eigenvalue weighted by Gasteiger charge is 2.27. The van der Waals surface area contributed by atoms with E-state index in [4.69, 9.17) is 28.5 Å². The Kier molecular flexibility index (Phi) is 5.50. The Morgan fingerprint density at radius 1 is 1.29 bits per heavy atom. The van der Waals surface area contributed by atoms with Crippen molar-refractivity contribution in [3.8, 4) is 6.07 Å². The van der Waals surface area contributed by atoms with E-state index in [9.17, 15) is 8.42 Å². The summed E-state index contributed by atoms with van der Waals surface area (Å²) in [6.07, 6.45) is 2.12.